The average molecular weight is 348 g/mol. The predicted octanol–water partition coefficient (Wildman–Crippen LogP) is 2.29. The number of hydrogen-bond donors (Lipinski definition) is 1. The lowest BCUT2D eigenvalue weighted by atomic mass is 10.1. The molecule has 0 radical (unpaired) electrons. The van der Waals surface area contributed by atoms with Crippen LogP contribution in [0.25, 0.3) is 0 Å². The summed E-state index contributed by atoms with van der Waals surface area (Å²) >= 11 is 0.276. The van der Waals surface area contributed by atoms with Gasteiger partial charge in [0.1, 0.15) is 0 Å². The maximum atomic E-state index is 12.5. The molecule has 2 fully saturated rings. The van der Waals surface area contributed by atoms with E-state index in [1.807, 2.05) is 0 Å². The van der Waals surface area contributed by atoms with Gasteiger partial charge in [0.05, 0.1) is 5.92 Å². The number of likely N-dealkylation sites (tertiary alicyclic amines) is 1. The van der Waals surface area contributed by atoms with Crippen molar-refractivity contribution in [2.75, 3.05) is 11.9 Å². The molecule has 1 saturated heterocycles. The smallest absolute Gasteiger partial charge is 0.339 e. The van der Waals surface area contributed by atoms with E-state index in [4.69, 9.17) is 0 Å². The molecule has 126 valence electrons. The summed E-state index contributed by atoms with van der Waals surface area (Å²) in [5.74, 6) is -1.10. The van der Waals surface area contributed by atoms with Crippen LogP contribution in [0.3, 0.4) is 0 Å². The zero-order valence-corrected chi connectivity index (χ0v) is 12.9. The molecule has 0 bridgehead atoms. The number of halogens is 3. The van der Waals surface area contributed by atoms with Crippen molar-refractivity contribution in [1.82, 2.24) is 15.1 Å². The molecule has 0 aromatic carbocycles. The molecule has 1 atom stereocenters. The minimum atomic E-state index is -4.58. The van der Waals surface area contributed by atoms with E-state index in [1.54, 1.807) is 4.90 Å². The second kappa shape index (κ2) is 6.06. The third-order valence-corrected chi connectivity index (χ3v) is 5.08. The number of rotatable bonds is 3. The lowest BCUT2D eigenvalue weighted by molar-refractivity contribution is -0.138. The number of nitrogens with zero attached hydrogens (tertiary/aromatic N) is 3. The van der Waals surface area contributed by atoms with E-state index in [1.165, 1.54) is 0 Å². The van der Waals surface area contributed by atoms with Crippen LogP contribution in [0.1, 0.15) is 37.1 Å². The molecule has 1 aromatic rings. The van der Waals surface area contributed by atoms with Crippen molar-refractivity contribution < 1.29 is 22.8 Å². The van der Waals surface area contributed by atoms with Crippen molar-refractivity contribution in [3.05, 3.63) is 5.01 Å². The van der Waals surface area contributed by atoms with Gasteiger partial charge in [0, 0.05) is 19.0 Å². The Hall–Kier alpha value is -1.71. The Morgan fingerprint density at radius 2 is 1.96 bits per heavy atom. The van der Waals surface area contributed by atoms with Crippen molar-refractivity contribution in [3.63, 3.8) is 0 Å². The molecule has 1 N–H and O–H groups in total. The lowest BCUT2D eigenvalue weighted by Crippen LogP contribution is -2.35. The van der Waals surface area contributed by atoms with Gasteiger partial charge in [-0.1, -0.05) is 24.2 Å². The second-order valence-electron chi connectivity index (χ2n) is 5.78. The number of nitrogens with one attached hydrogen (secondary N) is 1. The fourth-order valence-electron chi connectivity index (χ4n) is 3.07. The molecule has 0 spiro atoms. The number of aromatic nitrogens is 2. The zero-order chi connectivity index (χ0) is 16.6. The summed E-state index contributed by atoms with van der Waals surface area (Å²) in [4.78, 5) is 25.9. The van der Waals surface area contributed by atoms with E-state index in [0.29, 0.717) is 6.54 Å². The monoisotopic (exact) mass is 348 g/mol. The molecule has 2 heterocycles. The van der Waals surface area contributed by atoms with Crippen molar-refractivity contribution in [3.8, 4) is 0 Å². The maximum absolute atomic E-state index is 12.5. The summed E-state index contributed by atoms with van der Waals surface area (Å²) < 4.78 is 37.4. The summed E-state index contributed by atoms with van der Waals surface area (Å²) in [7, 11) is 0. The number of carbonyl (C=O) groups excluding carboxylic acids is 2. The summed E-state index contributed by atoms with van der Waals surface area (Å²) in [6.07, 6.45) is -0.431. The third kappa shape index (κ3) is 3.46. The standard InChI is InChI=1S/C13H15F3N4O2S/c14-13(15,16)11-18-19-12(23-11)17-10(22)7-5-9(21)20(6-7)8-3-1-2-4-8/h7-8H,1-6H2,(H,17,19,22)/t7-/m1/s1. The molecule has 1 saturated carbocycles. The summed E-state index contributed by atoms with van der Waals surface area (Å²) in [6.45, 7) is 0.320. The van der Waals surface area contributed by atoms with Crippen LogP contribution in [0, 0.1) is 5.92 Å². The van der Waals surface area contributed by atoms with Gasteiger partial charge >= 0.3 is 6.18 Å². The number of amides is 2. The van der Waals surface area contributed by atoms with Crippen LogP contribution in [0.15, 0.2) is 0 Å². The van der Waals surface area contributed by atoms with Gasteiger partial charge in [-0.2, -0.15) is 13.2 Å². The minimum Gasteiger partial charge on any atom is -0.339 e. The third-order valence-electron chi connectivity index (χ3n) is 4.19. The van der Waals surface area contributed by atoms with Crippen LogP contribution in [0.5, 0.6) is 0 Å². The molecule has 1 aliphatic heterocycles. The lowest BCUT2D eigenvalue weighted by Gasteiger charge is -2.23. The minimum absolute atomic E-state index is 0.0645. The highest BCUT2D eigenvalue weighted by Gasteiger charge is 2.39. The van der Waals surface area contributed by atoms with Gasteiger partial charge in [-0.05, 0) is 12.8 Å². The number of anilines is 1. The highest BCUT2D eigenvalue weighted by molar-refractivity contribution is 7.15. The van der Waals surface area contributed by atoms with Crippen LogP contribution in [0.2, 0.25) is 0 Å². The van der Waals surface area contributed by atoms with Crippen LogP contribution in [-0.2, 0) is 15.8 Å². The Labute approximate surface area is 134 Å². The molecule has 3 rings (SSSR count). The molecule has 1 aliphatic carbocycles. The zero-order valence-electron chi connectivity index (χ0n) is 12.1. The largest absolute Gasteiger partial charge is 0.445 e. The highest BCUT2D eigenvalue weighted by atomic mass is 32.1. The Bertz CT molecular complexity index is 613. The van der Waals surface area contributed by atoms with Gasteiger partial charge in [-0.15, -0.1) is 10.2 Å². The molecular formula is C13H15F3N4O2S. The molecule has 1 aromatic heterocycles. The van der Waals surface area contributed by atoms with E-state index in [0.717, 1.165) is 25.7 Å². The molecule has 0 unspecified atom stereocenters. The molecule has 10 heteroatoms. The maximum Gasteiger partial charge on any atom is 0.445 e. The van der Waals surface area contributed by atoms with E-state index in [-0.39, 0.29) is 34.8 Å². The van der Waals surface area contributed by atoms with Gasteiger partial charge < -0.3 is 10.2 Å². The Balaban J connectivity index is 1.60. The molecule has 6 nitrogen and oxygen atoms in total. The topological polar surface area (TPSA) is 75.2 Å². The molecular weight excluding hydrogens is 333 g/mol. The summed E-state index contributed by atoms with van der Waals surface area (Å²) in [5, 5.41) is 7.37. The van der Waals surface area contributed by atoms with Crippen LogP contribution >= 0.6 is 11.3 Å². The number of hydrogen-bond acceptors (Lipinski definition) is 5. The Kier molecular flexibility index (Phi) is 4.26. The fourth-order valence-corrected chi connectivity index (χ4v) is 3.69. The van der Waals surface area contributed by atoms with E-state index in [9.17, 15) is 22.8 Å². The number of carbonyl (C=O) groups is 2. The Morgan fingerprint density at radius 3 is 2.57 bits per heavy atom. The van der Waals surface area contributed by atoms with Crippen molar-refractivity contribution in [1.29, 1.82) is 0 Å². The van der Waals surface area contributed by atoms with Gasteiger partial charge in [0.2, 0.25) is 22.0 Å². The average Bonchev–Trinajstić information content (AvgIpc) is 3.16. The Morgan fingerprint density at radius 1 is 1.26 bits per heavy atom. The van der Waals surface area contributed by atoms with Crippen LogP contribution in [0.4, 0.5) is 18.3 Å². The summed E-state index contributed by atoms with van der Waals surface area (Å²) in [6, 6.07) is 0.193. The predicted molar refractivity (Wildman–Crippen MR) is 75.6 cm³/mol. The molecule has 2 aliphatic rings. The van der Waals surface area contributed by atoms with Crippen LogP contribution in [-0.4, -0.2) is 39.5 Å². The van der Waals surface area contributed by atoms with Gasteiger partial charge in [-0.3, -0.25) is 9.59 Å². The molecule has 2 amide bonds. The van der Waals surface area contributed by atoms with Gasteiger partial charge in [0.25, 0.3) is 0 Å². The first kappa shape index (κ1) is 16.2. The van der Waals surface area contributed by atoms with Crippen molar-refractivity contribution >= 4 is 28.3 Å². The first-order valence-corrected chi connectivity index (χ1v) is 8.17. The fraction of sp³-hybridized carbons (Fsp3) is 0.692. The first-order valence-electron chi connectivity index (χ1n) is 7.35. The van der Waals surface area contributed by atoms with Crippen molar-refractivity contribution in [2.45, 2.75) is 44.3 Å². The van der Waals surface area contributed by atoms with Gasteiger partial charge in [-0.25, -0.2) is 0 Å². The molecule has 23 heavy (non-hydrogen) atoms. The highest BCUT2D eigenvalue weighted by Crippen LogP contribution is 2.34. The number of alkyl halides is 3. The van der Waals surface area contributed by atoms with Gasteiger partial charge in [0.15, 0.2) is 0 Å². The normalized spacial score (nSPS) is 22.8. The summed E-state index contributed by atoms with van der Waals surface area (Å²) in [5.41, 5.74) is 0. The first-order chi connectivity index (χ1) is 10.8. The quantitative estimate of drug-likeness (QED) is 0.909. The SMILES string of the molecule is O=C(Nc1nnc(C(F)(F)F)s1)[C@@H]1CC(=O)N(C2CCCC2)C1. The van der Waals surface area contributed by atoms with E-state index in [2.05, 4.69) is 15.5 Å². The second-order valence-corrected chi connectivity index (χ2v) is 6.76. The van der Waals surface area contributed by atoms with Crippen LogP contribution < -0.4 is 5.32 Å². The van der Waals surface area contributed by atoms with E-state index >= 15 is 0 Å². The van der Waals surface area contributed by atoms with E-state index < -0.39 is 23.0 Å². The van der Waals surface area contributed by atoms with Crippen molar-refractivity contribution in [2.24, 2.45) is 5.92 Å².